The number of benzene rings is 2. The van der Waals surface area contributed by atoms with E-state index in [9.17, 15) is 0 Å². The highest BCUT2D eigenvalue weighted by atomic mass is 16.6. The summed E-state index contributed by atoms with van der Waals surface area (Å²) in [6.45, 7) is 3.73. The Labute approximate surface area is 136 Å². The molecule has 3 heteroatoms. The van der Waals surface area contributed by atoms with E-state index >= 15 is 0 Å². The summed E-state index contributed by atoms with van der Waals surface area (Å²) in [6, 6.07) is 17.2. The van der Waals surface area contributed by atoms with Gasteiger partial charge in [-0.1, -0.05) is 32.0 Å². The lowest BCUT2D eigenvalue weighted by Gasteiger charge is -2.22. The van der Waals surface area contributed by atoms with Gasteiger partial charge in [0.05, 0.1) is 5.69 Å². The van der Waals surface area contributed by atoms with Crippen LogP contribution in [0.25, 0.3) is 11.3 Å². The van der Waals surface area contributed by atoms with Crippen molar-refractivity contribution in [2.75, 3.05) is 0 Å². The summed E-state index contributed by atoms with van der Waals surface area (Å²) in [5.41, 5.74) is 2.53. The first-order valence-corrected chi connectivity index (χ1v) is 7.57. The third kappa shape index (κ3) is 2.44. The highest BCUT2D eigenvalue weighted by Gasteiger charge is 2.22. The maximum atomic E-state index is 8.23. The predicted molar refractivity (Wildman–Crippen MR) is 90.4 cm³/mol. The molecule has 3 aromatic rings. The van der Waals surface area contributed by atoms with Crippen LogP contribution in [0, 0.1) is 0 Å². The van der Waals surface area contributed by atoms with E-state index in [1.165, 1.54) is 0 Å². The van der Waals surface area contributed by atoms with E-state index in [-0.39, 0.29) is 0 Å². The molecule has 0 unspecified atom stereocenters. The molecular formula is C20H17NO2. The molecule has 4 rings (SSSR count). The SMILES string of the molecule is [2H]C(C)(C)c1ccnc(-c2cccc3c2Oc2ccccc2O3)c1. The number of hydrogen-bond donors (Lipinski definition) is 0. The second-order valence-electron chi connectivity index (χ2n) is 5.71. The number of fused-ring (bicyclic) bond motifs is 2. The van der Waals surface area contributed by atoms with Gasteiger partial charge in [0.15, 0.2) is 23.0 Å². The topological polar surface area (TPSA) is 31.4 Å². The Balaban J connectivity index is 1.82. The second kappa shape index (κ2) is 5.43. The van der Waals surface area contributed by atoms with Crippen molar-refractivity contribution in [3.8, 4) is 34.3 Å². The first kappa shape index (κ1) is 12.7. The normalized spacial score (nSPS) is 13.2. The number of pyridine rings is 1. The van der Waals surface area contributed by atoms with Gasteiger partial charge in [-0.2, -0.15) is 0 Å². The number of nitrogens with zero attached hydrogens (tertiary/aromatic N) is 1. The van der Waals surface area contributed by atoms with Crippen molar-refractivity contribution in [1.29, 1.82) is 0 Å². The molecule has 0 bridgehead atoms. The van der Waals surface area contributed by atoms with Crippen LogP contribution in [0.5, 0.6) is 23.0 Å². The predicted octanol–water partition coefficient (Wildman–Crippen LogP) is 5.77. The summed E-state index contributed by atoms with van der Waals surface area (Å²) >= 11 is 0. The number of rotatable bonds is 2. The van der Waals surface area contributed by atoms with Gasteiger partial charge in [0.25, 0.3) is 0 Å². The Morgan fingerprint density at radius 1 is 0.913 bits per heavy atom. The van der Waals surface area contributed by atoms with Crippen LogP contribution < -0.4 is 9.47 Å². The fourth-order valence-corrected chi connectivity index (χ4v) is 2.64. The molecule has 23 heavy (non-hydrogen) atoms. The number of ether oxygens (including phenoxy) is 2. The Morgan fingerprint density at radius 2 is 1.65 bits per heavy atom. The van der Waals surface area contributed by atoms with E-state index in [0.29, 0.717) is 23.0 Å². The van der Waals surface area contributed by atoms with Gasteiger partial charge in [0, 0.05) is 13.1 Å². The lowest BCUT2D eigenvalue weighted by atomic mass is 10.0. The lowest BCUT2D eigenvalue weighted by molar-refractivity contribution is 0.360. The van der Waals surface area contributed by atoms with E-state index in [4.69, 9.17) is 10.8 Å². The molecule has 1 aliphatic rings. The molecule has 0 saturated carbocycles. The van der Waals surface area contributed by atoms with E-state index in [2.05, 4.69) is 4.98 Å². The molecule has 0 amide bonds. The summed E-state index contributed by atoms with van der Waals surface area (Å²) in [4.78, 5) is 4.47. The van der Waals surface area contributed by atoms with Crippen LogP contribution in [-0.4, -0.2) is 4.98 Å². The summed E-state index contributed by atoms with van der Waals surface area (Å²) < 4.78 is 20.3. The van der Waals surface area contributed by atoms with Gasteiger partial charge < -0.3 is 9.47 Å². The van der Waals surface area contributed by atoms with Crippen LogP contribution in [0.2, 0.25) is 0 Å². The number of para-hydroxylation sites is 3. The van der Waals surface area contributed by atoms with Crippen molar-refractivity contribution in [3.05, 3.63) is 66.4 Å². The third-order valence-corrected chi connectivity index (χ3v) is 3.87. The molecule has 1 aromatic heterocycles. The van der Waals surface area contributed by atoms with Gasteiger partial charge in [-0.3, -0.25) is 4.98 Å². The average Bonchev–Trinajstić information content (AvgIpc) is 2.59. The maximum absolute atomic E-state index is 8.23. The van der Waals surface area contributed by atoms with Crippen LogP contribution in [0.15, 0.2) is 60.8 Å². The fraction of sp³-hybridized carbons (Fsp3) is 0.150. The smallest absolute Gasteiger partial charge is 0.179 e. The summed E-state index contributed by atoms with van der Waals surface area (Å²) in [6.07, 6.45) is 1.73. The number of aromatic nitrogens is 1. The van der Waals surface area contributed by atoms with Gasteiger partial charge in [-0.25, -0.2) is 0 Å². The zero-order valence-electron chi connectivity index (χ0n) is 14.0. The monoisotopic (exact) mass is 304 g/mol. The fourth-order valence-electron chi connectivity index (χ4n) is 2.64. The van der Waals surface area contributed by atoms with Crippen LogP contribution in [0.3, 0.4) is 0 Å². The molecule has 0 atom stereocenters. The van der Waals surface area contributed by atoms with Crippen molar-refractivity contribution in [2.24, 2.45) is 0 Å². The zero-order valence-corrected chi connectivity index (χ0v) is 13.0. The lowest BCUT2D eigenvalue weighted by Crippen LogP contribution is -2.01. The highest BCUT2D eigenvalue weighted by molar-refractivity contribution is 5.74. The molecule has 0 saturated heterocycles. The van der Waals surface area contributed by atoms with Crippen molar-refractivity contribution in [2.45, 2.75) is 19.7 Å². The molecule has 3 nitrogen and oxygen atoms in total. The Bertz CT molecular complexity index is 916. The first-order valence-electron chi connectivity index (χ1n) is 8.07. The zero-order chi connectivity index (χ0) is 16.7. The van der Waals surface area contributed by atoms with Gasteiger partial charge in [-0.15, -0.1) is 0 Å². The summed E-state index contributed by atoms with van der Waals surface area (Å²) in [7, 11) is 0. The minimum absolute atomic E-state index is 0.656. The molecule has 0 N–H and O–H groups in total. The van der Waals surface area contributed by atoms with Crippen molar-refractivity contribution in [1.82, 2.24) is 4.98 Å². The van der Waals surface area contributed by atoms with E-state index in [0.717, 1.165) is 16.8 Å². The van der Waals surface area contributed by atoms with E-state index in [1.807, 2.05) is 68.4 Å². The van der Waals surface area contributed by atoms with Crippen LogP contribution >= 0.6 is 0 Å². The Kier molecular flexibility index (Phi) is 3.00. The maximum Gasteiger partial charge on any atom is 0.179 e. The van der Waals surface area contributed by atoms with Gasteiger partial charge >= 0.3 is 0 Å². The third-order valence-electron chi connectivity index (χ3n) is 3.87. The van der Waals surface area contributed by atoms with Gasteiger partial charge in [0.1, 0.15) is 0 Å². The molecule has 0 radical (unpaired) electrons. The minimum Gasteiger partial charge on any atom is -0.449 e. The van der Waals surface area contributed by atoms with Crippen LogP contribution in [0.1, 0.15) is 26.7 Å². The van der Waals surface area contributed by atoms with Crippen LogP contribution in [-0.2, 0) is 0 Å². The molecule has 2 heterocycles. The van der Waals surface area contributed by atoms with Crippen molar-refractivity contribution >= 4 is 0 Å². The molecule has 0 aliphatic carbocycles. The molecule has 114 valence electrons. The Hall–Kier alpha value is -2.81. The molecule has 0 spiro atoms. The van der Waals surface area contributed by atoms with Gasteiger partial charge in [-0.05, 0) is 47.9 Å². The van der Waals surface area contributed by atoms with Gasteiger partial charge in [0.2, 0.25) is 0 Å². The van der Waals surface area contributed by atoms with Crippen molar-refractivity contribution in [3.63, 3.8) is 0 Å². The largest absolute Gasteiger partial charge is 0.449 e. The van der Waals surface area contributed by atoms with Crippen LogP contribution in [0.4, 0.5) is 0 Å². The Morgan fingerprint density at radius 3 is 2.43 bits per heavy atom. The van der Waals surface area contributed by atoms with E-state index < -0.39 is 5.89 Å². The summed E-state index contributed by atoms with van der Waals surface area (Å²) in [5.74, 6) is 2.04. The standard InChI is InChI=1S/C20H17NO2/c1-13(2)14-10-11-21-16(12-14)15-6-5-9-19-20(15)23-18-8-4-3-7-17(18)22-19/h3-13H,1-2H3/i13D. The summed E-state index contributed by atoms with van der Waals surface area (Å²) in [5, 5.41) is 0. The minimum atomic E-state index is -0.684. The molecule has 2 aromatic carbocycles. The highest BCUT2D eigenvalue weighted by Crippen LogP contribution is 2.49. The molecular weight excluding hydrogens is 286 g/mol. The molecule has 0 fully saturated rings. The van der Waals surface area contributed by atoms with E-state index in [1.54, 1.807) is 6.20 Å². The van der Waals surface area contributed by atoms with Crippen molar-refractivity contribution < 1.29 is 10.8 Å². The molecule has 1 aliphatic heterocycles. The average molecular weight is 304 g/mol. The number of hydrogen-bond acceptors (Lipinski definition) is 3. The first-order chi connectivity index (χ1) is 11.5. The quantitative estimate of drug-likeness (QED) is 0.471. The second-order valence-corrected chi connectivity index (χ2v) is 5.71.